The summed E-state index contributed by atoms with van der Waals surface area (Å²) in [5, 5.41) is 3.72. The average molecular weight is 183 g/mol. The Labute approximate surface area is 83.3 Å². The summed E-state index contributed by atoms with van der Waals surface area (Å²) in [6.07, 6.45) is 11.1. The fraction of sp³-hybridized carbons (Fsp3) is 1.00. The van der Waals surface area contributed by atoms with Gasteiger partial charge in [-0.25, -0.2) is 0 Å². The van der Waals surface area contributed by atoms with Crippen LogP contribution in [0.4, 0.5) is 0 Å². The van der Waals surface area contributed by atoms with E-state index in [-0.39, 0.29) is 0 Å². The van der Waals surface area contributed by atoms with Gasteiger partial charge in [0.15, 0.2) is 0 Å². The quantitative estimate of drug-likeness (QED) is 0.622. The van der Waals surface area contributed by atoms with E-state index < -0.39 is 0 Å². The van der Waals surface area contributed by atoms with Gasteiger partial charge in [-0.05, 0) is 32.7 Å². The SMILES string of the molecule is CCCCCCNC1(C)CCCC1. The van der Waals surface area contributed by atoms with E-state index in [1.165, 1.54) is 57.9 Å². The van der Waals surface area contributed by atoms with Gasteiger partial charge in [0, 0.05) is 5.54 Å². The maximum absolute atomic E-state index is 3.72. The molecule has 0 amide bonds. The van der Waals surface area contributed by atoms with Crippen molar-refractivity contribution in [1.82, 2.24) is 5.32 Å². The molecule has 0 aliphatic heterocycles. The highest BCUT2D eigenvalue weighted by Gasteiger charge is 2.26. The van der Waals surface area contributed by atoms with Gasteiger partial charge in [0.05, 0.1) is 0 Å². The summed E-state index contributed by atoms with van der Waals surface area (Å²) in [5.41, 5.74) is 0.492. The number of hydrogen-bond donors (Lipinski definition) is 1. The first-order valence-electron chi connectivity index (χ1n) is 6.02. The van der Waals surface area contributed by atoms with Crippen LogP contribution >= 0.6 is 0 Å². The van der Waals surface area contributed by atoms with E-state index in [0.717, 1.165) is 0 Å². The monoisotopic (exact) mass is 183 g/mol. The zero-order valence-electron chi connectivity index (χ0n) is 9.36. The molecule has 0 bridgehead atoms. The highest BCUT2D eigenvalue weighted by Crippen LogP contribution is 2.28. The molecule has 1 saturated carbocycles. The molecule has 0 unspecified atom stereocenters. The van der Waals surface area contributed by atoms with E-state index in [2.05, 4.69) is 19.2 Å². The summed E-state index contributed by atoms with van der Waals surface area (Å²) >= 11 is 0. The summed E-state index contributed by atoms with van der Waals surface area (Å²) in [6, 6.07) is 0. The van der Waals surface area contributed by atoms with Crippen molar-refractivity contribution in [2.75, 3.05) is 6.54 Å². The van der Waals surface area contributed by atoms with Gasteiger partial charge >= 0.3 is 0 Å². The van der Waals surface area contributed by atoms with Crippen molar-refractivity contribution in [2.24, 2.45) is 0 Å². The molecule has 0 aromatic heterocycles. The minimum Gasteiger partial charge on any atom is -0.312 e. The zero-order chi connectivity index (χ0) is 9.57. The van der Waals surface area contributed by atoms with Crippen LogP contribution in [0.5, 0.6) is 0 Å². The fourth-order valence-electron chi connectivity index (χ4n) is 2.27. The predicted molar refractivity (Wildman–Crippen MR) is 59.0 cm³/mol. The Balaban J connectivity index is 1.98. The van der Waals surface area contributed by atoms with Crippen molar-refractivity contribution < 1.29 is 0 Å². The molecule has 0 saturated heterocycles. The molecule has 1 aliphatic rings. The number of unbranched alkanes of at least 4 members (excludes halogenated alkanes) is 3. The Bertz CT molecular complexity index is 125. The Kier molecular flexibility index (Phi) is 4.79. The lowest BCUT2D eigenvalue weighted by atomic mass is 10.0. The third kappa shape index (κ3) is 4.12. The van der Waals surface area contributed by atoms with E-state index in [1.54, 1.807) is 0 Å². The molecule has 1 nitrogen and oxygen atoms in total. The molecule has 0 spiro atoms. The normalized spacial score (nSPS) is 20.8. The number of hydrogen-bond acceptors (Lipinski definition) is 1. The molecule has 0 aromatic rings. The Morgan fingerprint density at radius 1 is 1.08 bits per heavy atom. The number of nitrogens with one attached hydrogen (secondary N) is 1. The zero-order valence-corrected chi connectivity index (χ0v) is 9.36. The second kappa shape index (κ2) is 5.64. The molecule has 13 heavy (non-hydrogen) atoms. The number of rotatable bonds is 6. The Morgan fingerprint density at radius 2 is 1.77 bits per heavy atom. The van der Waals surface area contributed by atoms with Crippen molar-refractivity contribution in [2.45, 2.75) is 70.8 Å². The van der Waals surface area contributed by atoms with Gasteiger partial charge in [-0.3, -0.25) is 0 Å². The van der Waals surface area contributed by atoms with Crippen molar-refractivity contribution in [1.29, 1.82) is 0 Å². The van der Waals surface area contributed by atoms with Crippen LogP contribution in [0.15, 0.2) is 0 Å². The molecule has 0 heterocycles. The topological polar surface area (TPSA) is 12.0 Å². The molecular formula is C12H25N. The Morgan fingerprint density at radius 3 is 2.38 bits per heavy atom. The largest absolute Gasteiger partial charge is 0.312 e. The highest BCUT2D eigenvalue weighted by atomic mass is 15.0. The van der Waals surface area contributed by atoms with Crippen molar-refractivity contribution in [3.8, 4) is 0 Å². The van der Waals surface area contributed by atoms with Crippen LogP contribution in [0.1, 0.15) is 65.2 Å². The first kappa shape index (κ1) is 11.0. The van der Waals surface area contributed by atoms with Crippen LogP contribution in [-0.2, 0) is 0 Å². The lowest BCUT2D eigenvalue weighted by molar-refractivity contribution is 0.360. The lowest BCUT2D eigenvalue weighted by Crippen LogP contribution is -2.39. The molecule has 1 heteroatoms. The van der Waals surface area contributed by atoms with E-state index in [4.69, 9.17) is 0 Å². The van der Waals surface area contributed by atoms with Crippen LogP contribution in [0.25, 0.3) is 0 Å². The molecule has 0 aromatic carbocycles. The van der Waals surface area contributed by atoms with Gasteiger partial charge in [0.2, 0.25) is 0 Å². The summed E-state index contributed by atoms with van der Waals surface area (Å²) in [4.78, 5) is 0. The van der Waals surface area contributed by atoms with Crippen LogP contribution in [0, 0.1) is 0 Å². The molecule has 1 N–H and O–H groups in total. The minimum atomic E-state index is 0.492. The first-order valence-corrected chi connectivity index (χ1v) is 6.02. The second-order valence-electron chi connectivity index (χ2n) is 4.76. The lowest BCUT2D eigenvalue weighted by Gasteiger charge is -2.25. The van der Waals surface area contributed by atoms with Gasteiger partial charge in [-0.1, -0.05) is 39.0 Å². The molecular weight excluding hydrogens is 158 g/mol. The molecule has 0 radical (unpaired) electrons. The van der Waals surface area contributed by atoms with Gasteiger partial charge in [-0.15, -0.1) is 0 Å². The Hall–Kier alpha value is -0.0400. The third-order valence-corrected chi connectivity index (χ3v) is 3.29. The fourth-order valence-corrected chi connectivity index (χ4v) is 2.27. The van der Waals surface area contributed by atoms with Gasteiger partial charge in [0.25, 0.3) is 0 Å². The maximum atomic E-state index is 3.72. The smallest absolute Gasteiger partial charge is 0.0153 e. The van der Waals surface area contributed by atoms with Gasteiger partial charge < -0.3 is 5.32 Å². The average Bonchev–Trinajstić information content (AvgIpc) is 2.53. The molecule has 0 atom stereocenters. The maximum Gasteiger partial charge on any atom is 0.0153 e. The molecule has 78 valence electrons. The van der Waals surface area contributed by atoms with E-state index >= 15 is 0 Å². The van der Waals surface area contributed by atoms with Gasteiger partial charge in [-0.2, -0.15) is 0 Å². The first-order chi connectivity index (χ1) is 6.27. The van der Waals surface area contributed by atoms with Crippen molar-refractivity contribution >= 4 is 0 Å². The summed E-state index contributed by atoms with van der Waals surface area (Å²) in [7, 11) is 0. The van der Waals surface area contributed by atoms with E-state index in [1.807, 2.05) is 0 Å². The van der Waals surface area contributed by atoms with Crippen LogP contribution in [0.3, 0.4) is 0 Å². The summed E-state index contributed by atoms with van der Waals surface area (Å²) in [5.74, 6) is 0. The predicted octanol–water partition coefficient (Wildman–Crippen LogP) is 3.49. The summed E-state index contributed by atoms with van der Waals surface area (Å²) < 4.78 is 0. The van der Waals surface area contributed by atoms with E-state index in [9.17, 15) is 0 Å². The standard InChI is InChI=1S/C12H25N/c1-3-4-5-8-11-13-12(2)9-6-7-10-12/h13H,3-11H2,1-2H3. The van der Waals surface area contributed by atoms with Crippen LogP contribution in [0.2, 0.25) is 0 Å². The molecule has 1 rings (SSSR count). The van der Waals surface area contributed by atoms with Crippen molar-refractivity contribution in [3.63, 3.8) is 0 Å². The summed E-state index contributed by atoms with van der Waals surface area (Å²) in [6.45, 7) is 5.89. The molecule has 1 fully saturated rings. The third-order valence-electron chi connectivity index (χ3n) is 3.29. The van der Waals surface area contributed by atoms with Crippen molar-refractivity contribution in [3.05, 3.63) is 0 Å². The van der Waals surface area contributed by atoms with Gasteiger partial charge in [0.1, 0.15) is 0 Å². The molecule has 1 aliphatic carbocycles. The van der Waals surface area contributed by atoms with Crippen LogP contribution in [-0.4, -0.2) is 12.1 Å². The highest BCUT2D eigenvalue weighted by molar-refractivity contribution is 4.87. The minimum absolute atomic E-state index is 0.492. The van der Waals surface area contributed by atoms with E-state index in [0.29, 0.717) is 5.54 Å². The van der Waals surface area contributed by atoms with Crippen LogP contribution < -0.4 is 5.32 Å². The second-order valence-corrected chi connectivity index (χ2v) is 4.76.